The molecule has 0 saturated carbocycles. The highest BCUT2D eigenvalue weighted by Crippen LogP contribution is 2.23. The van der Waals surface area contributed by atoms with Crippen molar-refractivity contribution in [3.63, 3.8) is 0 Å². The molecule has 0 bridgehead atoms. The average molecular weight is 581 g/mol. The lowest BCUT2D eigenvalue weighted by Gasteiger charge is -2.21. The SMILES string of the molecule is CCN(CC)c1ccc(C=C(C=Cc2ccccc2)C(=O)C(C=Cc2ccccc2)=Cc2ccc(N(CC)CC)cc2)cc1. The number of allylic oxidation sites excluding steroid dienone is 4. The van der Waals surface area contributed by atoms with Gasteiger partial charge in [-0.2, -0.15) is 0 Å². The zero-order chi connectivity index (χ0) is 31.1. The van der Waals surface area contributed by atoms with Crippen LogP contribution in [0, 0.1) is 0 Å². The lowest BCUT2D eigenvalue weighted by Crippen LogP contribution is -2.21. The second-order valence-corrected chi connectivity index (χ2v) is 10.5. The van der Waals surface area contributed by atoms with Crippen LogP contribution in [0.4, 0.5) is 11.4 Å². The van der Waals surface area contributed by atoms with Crippen LogP contribution in [0.25, 0.3) is 24.3 Å². The maximum Gasteiger partial charge on any atom is 0.193 e. The summed E-state index contributed by atoms with van der Waals surface area (Å²) in [6, 6.07) is 37.1. The van der Waals surface area contributed by atoms with Crippen LogP contribution < -0.4 is 9.80 Å². The van der Waals surface area contributed by atoms with E-state index in [0.717, 1.165) is 48.4 Å². The zero-order valence-electron chi connectivity index (χ0n) is 26.5. The summed E-state index contributed by atoms with van der Waals surface area (Å²) in [4.78, 5) is 19.0. The number of anilines is 2. The van der Waals surface area contributed by atoms with Crippen LogP contribution in [0.3, 0.4) is 0 Å². The largest absolute Gasteiger partial charge is 0.372 e. The quantitative estimate of drug-likeness (QED) is 0.110. The van der Waals surface area contributed by atoms with Crippen molar-refractivity contribution >= 4 is 41.5 Å². The second-order valence-electron chi connectivity index (χ2n) is 10.5. The van der Waals surface area contributed by atoms with E-state index < -0.39 is 0 Å². The summed E-state index contributed by atoms with van der Waals surface area (Å²) >= 11 is 0. The molecule has 0 amide bonds. The summed E-state index contributed by atoms with van der Waals surface area (Å²) < 4.78 is 0. The molecule has 0 fully saturated rings. The highest BCUT2D eigenvalue weighted by atomic mass is 16.1. The predicted octanol–water partition coefficient (Wildman–Crippen LogP) is 9.84. The minimum Gasteiger partial charge on any atom is -0.372 e. The minimum atomic E-state index is -0.0370. The zero-order valence-corrected chi connectivity index (χ0v) is 26.5. The van der Waals surface area contributed by atoms with E-state index in [1.165, 1.54) is 11.4 Å². The number of carbonyl (C=O) groups is 1. The predicted molar refractivity (Wildman–Crippen MR) is 192 cm³/mol. The summed E-state index contributed by atoms with van der Waals surface area (Å²) in [5.74, 6) is -0.0370. The van der Waals surface area contributed by atoms with Gasteiger partial charge < -0.3 is 9.80 Å². The van der Waals surface area contributed by atoms with Gasteiger partial charge in [0.1, 0.15) is 0 Å². The summed E-state index contributed by atoms with van der Waals surface area (Å²) in [6.45, 7) is 12.5. The van der Waals surface area contributed by atoms with E-state index in [4.69, 9.17) is 0 Å². The van der Waals surface area contributed by atoms with E-state index in [9.17, 15) is 4.79 Å². The normalized spacial score (nSPS) is 12.2. The van der Waals surface area contributed by atoms with Crippen molar-refractivity contribution in [3.05, 3.63) is 155 Å². The van der Waals surface area contributed by atoms with Crippen molar-refractivity contribution in [1.82, 2.24) is 0 Å². The molecule has 0 aliphatic rings. The van der Waals surface area contributed by atoms with E-state index >= 15 is 0 Å². The number of Topliss-reactive ketones (excluding diaryl/α,β-unsaturated/α-hetero) is 1. The van der Waals surface area contributed by atoms with Crippen molar-refractivity contribution in [1.29, 1.82) is 0 Å². The van der Waals surface area contributed by atoms with Crippen LogP contribution in [-0.2, 0) is 4.79 Å². The van der Waals surface area contributed by atoms with Gasteiger partial charge in [0.15, 0.2) is 5.78 Å². The van der Waals surface area contributed by atoms with Crippen molar-refractivity contribution in [3.8, 4) is 0 Å². The van der Waals surface area contributed by atoms with Gasteiger partial charge in [-0.15, -0.1) is 0 Å². The first-order valence-corrected chi connectivity index (χ1v) is 15.7. The number of nitrogens with zero attached hydrogens (tertiary/aromatic N) is 2. The Morgan fingerprint density at radius 2 is 0.818 bits per heavy atom. The van der Waals surface area contributed by atoms with E-state index in [1.807, 2.05) is 97.1 Å². The molecule has 4 aromatic carbocycles. The van der Waals surface area contributed by atoms with E-state index in [1.54, 1.807) is 0 Å². The number of benzene rings is 4. The lowest BCUT2D eigenvalue weighted by atomic mass is 9.96. The van der Waals surface area contributed by atoms with Gasteiger partial charge in [0, 0.05) is 48.7 Å². The lowest BCUT2D eigenvalue weighted by molar-refractivity contribution is -0.111. The number of carbonyl (C=O) groups excluding carboxylic acids is 1. The van der Waals surface area contributed by atoms with Crippen LogP contribution in [0.15, 0.2) is 132 Å². The van der Waals surface area contributed by atoms with Crippen molar-refractivity contribution < 1.29 is 4.79 Å². The van der Waals surface area contributed by atoms with E-state index in [2.05, 4.69) is 86.0 Å². The molecular formula is C41H44N2O. The maximum atomic E-state index is 14.4. The molecule has 44 heavy (non-hydrogen) atoms. The molecule has 0 aliphatic heterocycles. The highest BCUT2D eigenvalue weighted by molar-refractivity contribution is 6.17. The molecular weight excluding hydrogens is 536 g/mol. The summed E-state index contributed by atoms with van der Waals surface area (Å²) in [7, 11) is 0. The van der Waals surface area contributed by atoms with Crippen LogP contribution >= 0.6 is 0 Å². The summed E-state index contributed by atoms with van der Waals surface area (Å²) in [6.07, 6.45) is 11.9. The molecule has 3 heteroatoms. The van der Waals surface area contributed by atoms with Crippen LogP contribution in [-0.4, -0.2) is 32.0 Å². The molecule has 4 rings (SSSR count). The van der Waals surface area contributed by atoms with Crippen LogP contribution in [0.2, 0.25) is 0 Å². The Morgan fingerprint density at radius 1 is 0.477 bits per heavy atom. The van der Waals surface area contributed by atoms with Gasteiger partial charge in [0.05, 0.1) is 0 Å². The number of rotatable bonds is 14. The van der Waals surface area contributed by atoms with Gasteiger partial charge >= 0.3 is 0 Å². The molecule has 0 heterocycles. The Hall–Kier alpha value is -4.89. The van der Waals surface area contributed by atoms with Gasteiger partial charge in [-0.05, 0) is 86.4 Å². The monoisotopic (exact) mass is 580 g/mol. The first-order valence-electron chi connectivity index (χ1n) is 15.7. The van der Waals surface area contributed by atoms with Crippen LogP contribution in [0.5, 0.6) is 0 Å². The van der Waals surface area contributed by atoms with Gasteiger partial charge in [0.25, 0.3) is 0 Å². The molecule has 0 N–H and O–H groups in total. The maximum absolute atomic E-state index is 14.4. The number of ketones is 1. The third-order valence-corrected chi connectivity index (χ3v) is 7.72. The molecule has 3 nitrogen and oxygen atoms in total. The molecule has 0 aliphatic carbocycles. The molecule has 0 atom stereocenters. The number of hydrogen-bond acceptors (Lipinski definition) is 3. The molecule has 0 aromatic heterocycles. The molecule has 0 radical (unpaired) electrons. The Labute approximate surface area is 264 Å². The highest BCUT2D eigenvalue weighted by Gasteiger charge is 2.13. The van der Waals surface area contributed by atoms with Gasteiger partial charge in [-0.3, -0.25) is 4.79 Å². The minimum absolute atomic E-state index is 0.0370. The van der Waals surface area contributed by atoms with Crippen molar-refractivity contribution in [2.24, 2.45) is 0 Å². The third kappa shape index (κ3) is 9.05. The second kappa shape index (κ2) is 16.7. The number of hydrogen-bond donors (Lipinski definition) is 0. The standard InChI is InChI=1S/C41H44N2O/c1-5-42(6-2)39-27-21-35(22-28-39)31-37(25-19-33-15-11-9-12-16-33)41(44)38(26-20-34-17-13-10-14-18-34)32-36-23-29-40(30-24-36)43(7-3)8-4/h9-32H,5-8H2,1-4H3. The average Bonchev–Trinajstić information content (AvgIpc) is 3.08. The fraction of sp³-hybridized carbons (Fsp3) is 0.195. The van der Waals surface area contributed by atoms with Gasteiger partial charge in [-0.1, -0.05) is 109 Å². The van der Waals surface area contributed by atoms with Gasteiger partial charge in [0.2, 0.25) is 0 Å². The molecule has 0 unspecified atom stereocenters. The smallest absolute Gasteiger partial charge is 0.193 e. The van der Waals surface area contributed by atoms with E-state index in [0.29, 0.717) is 11.1 Å². The fourth-order valence-electron chi connectivity index (χ4n) is 5.15. The first-order chi connectivity index (χ1) is 21.5. The molecule has 0 saturated heterocycles. The Morgan fingerprint density at radius 3 is 1.14 bits per heavy atom. The Balaban J connectivity index is 1.76. The summed E-state index contributed by atoms with van der Waals surface area (Å²) in [5, 5.41) is 0. The fourth-order valence-corrected chi connectivity index (χ4v) is 5.15. The van der Waals surface area contributed by atoms with Crippen LogP contribution in [0.1, 0.15) is 49.9 Å². The van der Waals surface area contributed by atoms with Gasteiger partial charge in [-0.25, -0.2) is 0 Å². The van der Waals surface area contributed by atoms with Crippen molar-refractivity contribution in [2.75, 3.05) is 36.0 Å². The first kappa shape index (κ1) is 32.0. The molecule has 4 aromatic rings. The van der Waals surface area contributed by atoms with E-state index in [-0.39, 0.29) is 5.78 Å². The Bertz CT molecular complexity index is 1450. The Kier molecular flexibility index (Phi) is 12.1. The third-order valence-electron chi connectivity index (χ3n) is 7.72. The summed E-state index contributed by atoms with van der Waals surface area (Å²) in [5.41, 5.74) is 7.65. The molecule has 0 spiro atoms. The molecule has 224 valence electrons. The topological polar surface area (TPSA) is 23.6 Å². The van der Waals surface area contributed by atoms with Crippen molar-refractivity contribution in [2.45, 2.75) is 27.7 Å².